The Morgan fingerprint density at radius 1 is 1.56 bits per heavy atom. The van der Waals surface area contributed by atoms with Crippen LogP contribution in [0.2, 0.25) is 0 Å². The largest absolute Gasteiger partial charge is 0.361 e. The van der Waals surface area contributed by atoms with Crippen molar-refractivity contribution < 1.29 is 9.32 Å². The lowest BCUT2D eigenvalue weighted by molar-refractivity contribution is -0.126. The van der Waals surface area contributed by atoms with Crippen LogP contribution < -0.4 is 0 Å². The minimum Gasteiger partial charge on any atom is -0.361 e. The highest BCUT2D eigenvalue weighted by atomic mass is 32.2. The van der Waals surface area contributed by atoms with Crippen molar-refractivity contribution in [1.29, 1.82) is 0 Å². The van der Waals surface area contributed by atoms with Crippen molar-refractivity contribution >= 4 is 23.7 Å². The molecule has 1 aliphatic heterocycles. The summed E-state index contributed by atoms with van der Waals surface area (Å²) in [5.74, 6) is 1.83. The maximum Gasteiger partial charge on any atom is 0.224 e. The SMILES string of the molecule is CC(=O)N1CCS/C1=C/c1c(C)noc1C. The molecule has 2 heterocycles. The van der Waals surface area contributed by atoms with Crippen molar-refractivity contribution in [2.75, 3.05) is 12.3 Å². The van der Waals surface area contributed by atoms with Gasteiger partial charge in [-0.15, -0.1) is 11.8 Å². The van der Waals surface area contributed by atoms with Gasteiger partial charge in [-0.3, -0.25) is 4.79 Å². The monoisotopic (exact) mass is 238 g/mol. The van der Waals surface area contributed by atoms with Gasteiger partial charge in [-0.05, 0) is 19.9 Å². The average Bonchev–Trinajstić information content (AvgIpc) is 2.80. The van der Waals surface area contributed by atoms with E-state index in [0.29, 0.717) is 0 Å². The predicted octanol–water partition coefficient (Wildman–Crippen LogP) is 2.19. The van der Waals surface area contributed by atoms with Crippen LogP contribution in [0.5, 0.6) is 0 Å². The third-order valence-corrected chi connectivity index (χ3v) is 3.59. The topological polar surface area (TPSA) is 46.3 Å². The van der Waals surface area contributed by atoms with E-state index in [9.17, 15) is 4.79 Å². The first kappa shape index (κ1) is 11.3. The number of aryl methyl sites for hydroxylation is 2. The first-order valence-electron chi connectivity index (χ1n) is 5.15. The van der Waals surface area contributed by atoms with Gasteiger partial charge < -0.3 is 9.42 Å². The highest BCUT2D eigenvalue weighted by Crippen LogP contribution is 2.31. The first-order chi connectivity index (χ1) is 7.59. The van der Waals surface area contributed by atoms with Gasteiger partial charge in [0.15, 0.2) is 0 Å². The molecule has 1 saturated heterocycles. The number of thioether (sulfide) groups is 1. The second kappa shape index (κ2) is 4.33. The van der Waals surface area contributed by atoms with Gasteiger partial charge >= 0.3 is 0 Å². The lowest BCUT2D eigenvalue weighted by Crippen LogP contribution is -2.23. The quantitative estimate of drug-likeness (QED) is 0.752. The van der Waals surface area contributed by atoms with E-state index in [0.717, 1.165) is 34.3 Å². The minimum atomic E-state index is 0.0861. The van der Waals surface area contributed by atoms with Gasteiger partial charge in [0.05, 0.1) is 10.7 Å². The van der Waals surface area contributed by atoms with Crippen LogP contribution in [-0.2, 0) is 4.79 Å². The van der Waals surface area contributed by atoms with E-state index in [1.165, 1.54) is 0 Å². The van der Waals surface area contributed by atoms with Gasteiger partial charge in [-0.1, -0.05) is 5.16 Å². The highest BCUT2D eigenvalue weighted by Gasteiger charge is 2.22. The summed E-state index contributed by atoms with van der Waals surface area (Å²) in [6.07, 6.45) is 1.99. The van der Waals surface area contributed by atoms with Crippen LogP contribution >= 0.6 is 11.8 Å². The van der Waals surface area contributed by atoms with Crippen LogP contribution in [0.1, 0.15) is 23.9 Å². The molecule has 1 fully saturated rings. The van der Waals surface area contributed by atoms with Crippen molar-refractivity contribution in [2.24, 2.45) is 0 Å². The van der Waals surface area contributed by atoms with Gasteiger partial charge in [0.25, 0.3) is 0 Å². The summed E-state index contributed by atoms with van der Waals surface area (Å²) in [4.78, 5) is 13.2. The Morgan fingerprint density at radius 2 is 2.31 bits per heavy atom. The molecular formula is C11H14N2O2S. The number of amides is 1. The molecule has 2 rings (SSSR count). The molecule has 0 atom stereocenters. The summed E-state index contributed by atoms with van der Waals surface area (Å²) in [5.41, 5.74) is 1.84. The van der Waals surface area contributed by atoms with Crippen LogP contribution in [0.15, 0.2) is 9.55 Å². The van der Waals surface area contributed by atoms with E-state index in [2.05, 4.69) is 5.16 Å². The Hall–Kier alpha value is -1.23. The fourth-order valence-electron chi connectivity index (χ4n) is 1.68. The molecule has 16 heavy (non-hydrogen) atoms. The number of nitrogens with zero attached hydrogens (tertiary/aromatic N) is 2. The molecule has 4 nitrogen and oxygen atoms in total. The molecule has 5 heteroatoms. The zero-order valence-electron chi connectivity index (χ0n) is 9.61. The van der Waals surface area contributed by atoms with E-state index in [-0.39, 0.29) is 5.91 Å². The third-order valence-electron chi connectivity index (χ3n) is 2.57. The van der Waals surface area contributed by atoms with Crippen molar-refractivity contribution in [3.05, 3.63) is 22.0 Å². The van der Waals surface area contributed by atoms with Gasteiger partial charge in [-0.25, -0.2) is 0 Å². The molecule has 0 radical (unpaired) electrons. The Kier molecular flexibility index (Phi) is 3.05. The number of aromatic nitrogens is 1. The fourth-order valence-corrected chi connectivity index (χ4v) is 2.74. The van der Waals surface area contributed by atoms with Crippen LogP contribution in [-0.4, -0.2) is 28.3 Å². The van der Waals surface area contributed by atoms with Crippen LogP contribution in [0.3, 0.4) is 0 Å². The van der Waals surface area contributed by atoms with E-state index in [1.54, 1.807) is 23.6 Å². The van der Waals surface area contributed by atoms with Crippen LogP contribution in [0.25, 0.3) is 6.08 Å². The molecule has 1 aromatic rings. The number of hydrogen-bond acceptors (Lipinski definition) is 4. The molecule has 1 aromatic heterocycles. The zero-order chi connectivity index (χ0) is 11.7. The van der Waals surface area contributed by atoms with E-state index < -0.39 is 0 Å². The predicted molar refractivity (Wildman–Crippen MR) is 63.8 cm³/mol. The molecule has 1 amide bonds. The molecule has 86 valence electrons. The molecule has 0 unspecified atom stereocenters. The maximum atomic E-state index is 11.4. The van der Waals surface area contributed by atoms with Crippen molar-refractivity contribution in [2.45, 2.75) is 20.8 Å². The summed E-state index contributed by atoms with van der Waals surface area (Å²) in [7, 11) is 0. The van der Waals surface area contributed by atoms with Crippen molar-refractivity contribution in [3.8, 4) is 0 Å². The molecule has 0 N–H and O–H groups in total. The van der Waals surface area contributed by atoms with Crippen molar-refractivity contribution in [3.63, 3.8) is 0 Å². The highest BCUT2D eigenvalue weighted by molar-refractivity contribution is 8.03. The number of hydrogen-bond donors (Lipinski definition) is 0. The number of carbonyl (C=O) groups is 1. The summed E-state index contributed by atoms with van der Waals surface area (Å²) >= 11 is 1.69. The molecule has 0 saturated carbocycles. The summed E-state index contributed by atoms with van der Waals surface area (Å²) in [5, 5.41) is 4.88. The number of rotatable bonds is 1. The zero-order valence-corrected chi connectivity index (χ0v) is 10.4. The standard InChI is InChI=1S/C11H14N2O2S/c1-7-10(8(2)15-12-7)6-11-13(9(3)14)4-5-16-11/h6H,4-5H2,1-3H3/b11-6+. The van der Waals surface area contributed by atoms with Crippen LogP contribution in [0.4, 0.5) is 0 Å². The minimum absolute atomic E-state index is 0.0861. The Labute approximate surface area is 98.7 Å². The van der Waals surface area contributed by atoms with E-state index in [4.69, 9.17) is 4.52 Å². The Bertz CT molecular complexity index is 431. The normalized spacial score (nSPS) is 18.4. The summed E-state index contributed by atoms with van der Waals surface area (Å²) < 4.78 is 5.09. The van der Waals surface area contributed by atoms with E-state index in [1.807, 2.05) is 19.9 Å². The lowest BCUT2D eigenvalue weighted by Gasteiger charge is -2.13. The van der Waals surface area contributed by atoms with Crippen LogP contribution in [0, 0.1) is 13.8 Å². The Morgan fingerprint density at radius 3 is 2.88 bits per heavy atom. The fraction of sp³-hybridized carbons (Fsp3) is 0.455. The lowest BCUT2D eigenvalue weighted by atomic mass is 10.2. The Balaban J connectivity index is 2.34. The summed E-state index contributed by atoms with van der Waals surface area (Å²) in [6, 6.07) is 0. The smallest absolute Gasteiger partial charge is 0.224 e. The first-order valence-corrected chi connectivity index (χ1v) is 6.13. The van der Waals surface area contributed by atoms with Gasteiger partial charge in [-0.2, -0.15) is 0 Å². The molecular weight excluding hydrogens is 224 g/mol. The van der Waals surface area contributed by atoms with Gasteiger partial charge in [0, 0.05) is 24.8 Å². The second-order valence-electron chi connectivity index (χ2n) is 3.74. The van der Waals surface area contributed by atoms with Crippen molar-refractivity contribution in [1.82, 2.24) is 10.1 Å². The third kappa shape index (κ3) is 2.00. The average molecular weight is 238 g/mol. The van der Waals surface area contributed by atoms with Gasteiger partial charge in [0.2, 0.25) is 5.91 Å². The van der Waals surface area contributed by atoms with E-state index >= 15 is 0 Å². The molecule has 0 aromatic carbocycles. The summed E-state index contributed by atoms with van der Waals surface area (Å²) in [6.45, 7) is 6.16. The molecule has 0 spiro atoms. The molecule has 0 bridgehead atoms. The second-order valence-corrected chi connectivity index (χ2v) is 4.85. The van der Waals surface area contributed by atoms with Gasteiger partial charge in [0.1, 0.15) is 5.76 Å². The number of carbonyl (C=O) groups excluding carboxylic acids is 1. The maximum absolute atomic E-state index is 11.4. The molecule has 1 aliphatic rings. The molecule has 0 aliphatic carbocycles.